The first kappa shape index (κ1) is 33.1. The molecule has 3 rings (SSSR count). The Labute approximate surface area is 242 Å². The van der Waals surface area contributed by atoms with Gasteiger partial charge in [0.2, 0.25) is 21.8 Å². The quantitative estimate of drug-likeness (QED) is 0.171. The van der Waals surface area contributed by atoms with E-state index in [9.17, 15) is 26.8 Å². The summed E-state index contributed by atoms with van der Waals surface area (Å²) in [5, 5.41) is 4.53. The van der Waals surface area contributed by atoms with E-state index in [-0.39, 0.29) is 92.2 Å². The lowest BCUT2D eigenvalue weighted by atomic mass is 10.0. The van der Waals surface area contributed by atoms with Crippen molar-refractivity contribution in [3.63, 3.8) is 0 Å². The number of guanidine groups is 1. The number of aliphatic imine (C=N–C) groups is 1. The Kier molecular flexibility index (Phi) is 12.5. The number of amides is 2. The summed E-state index contributed by atoms with van der Waals surface area (Å²) in [6.07, 6.45) is -1.25. The Morgan fingerprint density at radius 1 is 1.15 bits per heavy atom. The van der Waals surface area contributed by atoms with E-state index in [0.29, 0.717) is 5.56 Å². The maximum Gasteiger partial charge on any atom is 0.269 e. The first-order valence-corrected chi connectivity index (χ1v) is 14.8. The Morgan fingerprint density at radius 2 is 1.85 bits per heavy atom. The van der Waals surface area contributed by atoms with Crippen LogP contribution in [0.4, 0.5) is 14.5 Å². The van der Waals surface area contributed by atoms with Crippen molar-refractivity contribution in [1.82, 2.24) is 9.62 Å². The molecule has 0 aliphatic carbocycles. The second kappa shape index (κ2) is 15.1. The number of anilines is 1. The van der Waals surface area contributed by atoms with E-state index in [1.165, 1.54) is 22.3 Å². The summed E-state index contributed by atoms with van der Waals surface area (Å²) in [5.41, 5.74) is 11.4. The van der Waals surface area contributed by atoms with E-state index in [2.05, 4.69) is 15.0 Å². The standard InChI is InChI=1S/C25H32F2N6O4S2.ClH/c1-2-21(34)31-22-17(19-8-5-15-38-19)6-3-9-20(22)39(36,37)32-18(7-4-12-30-25(28)29)24(35)33-13-10-16(11-14-33)23(26)27;/h3,5-6,8-9,15,18,32H,2,4,7,10-14H2,1H3,(H,31,34)(H4,28,29,30);1H. The predicted octanol–water partition coefficient (Wildman–Crippen LogP) is 3.66. The molecule has 2 amide bonds. The highest BCUT2D eigenvalue weighted by atomic mass is 35.5. The smallest absolute Gasteiger partial charge is 0.269 e. The SMILES string of the molecule is CCC(=O)Nc1c(-c2cccs2)cccc1S(=O)(=O)NC(CCCN=C(N)N)C(=O)N1CCC(=C(F)F)CC1.Cl. The third-order valence-electron chi connectivity index (χ3n) is 6.17. The summed E-state index contributed by atoms with van der Waals surface area (Å²) in [7, 11) is -4.34. The molecule has 0 saturated carbocycles. The number of hydrogen-bond donors (Lipinski definition) is 4. The molecule has 15 heteroatoms. The van der Waals surface area contributed by atoms with Gasteiger partial charge >= 0.3 is 0 Å². The van der Waals surface area contributed by atoms with Crippen LogP contribution in [0.25, 0.3) is 10.4 Å². The highest BCUT2D eigenvalue weighted by Gasteiger charge is 2.32. The van der Waals surface area contributed by atoms with Crippen LogP contribution in [0.5, 0.6) is 0 Å². The molecule has 1 fully saturated rings. The van der Waals surface area contributed by atoms with Crippen molar-refractivity contribution in [2.75, 3.05) is 25.0 Å². The number of para-hydroxylation sites is 1. The molecule has 1 aromatic carbocycles. The number of likely N-dealkylation sites (tertiary alicyclic amines) is 1. The van der Waals surface area contributed by atoms with Gasteiger partial charge in [-0.25, -0.2) is 8.42 Å². The number of thiophene rings is 1. The average molecular weight is 619 g/mol. The van der Waals surface area contributed by atoms with Crippen LogP contribution in [-0.2, 0) is 19.6 Å². The van der Waals surface area contributed by atoms with E-state index >= 15 is 0 Å². The molecule has 1 aromatic heterocycles. The molecule has 0 spiro atoms. The minimum atomic E-state index is -4.34. The molecule has 10 nitrogen and oxygen atoms in total. The number of nitrogens with two attached hydrogens (primary N) is 2. The van der Waals surface area contributed by atoms with Gasteiger partial charge in [-0.15, -0.1) is 23.7 Å². The van der Waals surface area contributed by atoms with E-state index in [0.717, 1.165) is 4.88 Å². The molecular formula is C25H33ClF2N6O4S2. The maximum atomic E-state index is 13.7. The zero-order valence-corrected chi connectivity index (χ0v) is 24.3. The number of carbonyl (C=O) groups excluding carboxylic acids is 2. The van der Waals surface area contributed by atoms with E-state index in [1.54, 1.807) is 25.1 Å². The molecule has 2 aromatic rings. The summed E-state index contributed by atoms with van der Waals surface area (Å²) >= 11 is 1.38. The monoisotopic (exact) mass is 618 g/mol. The van der Waals surface area contributed by atoms with Crippen molar-refractivity contribution in [2.45, 2.75) is 50.0 Å². The van der Waals surface area contributed by atoms with Crippen LogP contribution in [0.2, 0.25) is 0 Å². The lowest BCUT2D eigenvalue weighted by Crippen LogP contribution is -2.50. The van der Waals surface area contributed by atoms with Gasteiger partial charge in [0.1, 0.15) is 10.9 Å². The molecule has 1 atom stereocenters. The minimum absolute atomic E-state index is 0. The summed E-state index contributed by atoms with van der Waals surface area (Å²) < 4.78 is 55.9. The number of piperidine rings is 1. The van der Waals surface area contributed by atoms with Crippen molar-refractivity contribution in [1.29, 1.82) is 0 Å². The third-order valence-corrected chi connectivity index (χ3v) is 8.59. The number of sulfonamides is 1. The lowest BCUT2D eigenvalue weighted by molar-refractivity contribution is -0.133. The molecule has 6 N–H and O–H groups in total. The van der Waals surface area contributed by atoms with Crippen LogP contribution in [0.3, 0.4) is 0 Å². The van der Waals surface area contributed by atoms with E-state index < -0.39 is 28.1 Å². The second-order valence-electron chi connectivity index (χ2n) is 8.87. The molecule has 0 bridgehead atoms. The molecule has 2 heterocycles. The molecule has 220 valence electrons. The Morgan fingerprint density at radius 3 is 2.42 bits per heavy atom. The van der Waals surface area contributed by atoms with Gasteiger partial charge in [-0.2, -0.15) is 13.5 Å². The fourth-order valence-corrected chi connectivity index (χ4v) is 6.31. The fourth-order valence-electron chi connectivity index (χ4n) is 4.14. The zero-order chi connectivity index (χ0) is 28.6. The largest absolute Gasteiger partial charge is 0.370 e. The minimum Gasteiger partial charge on any atom is -0.370 e. The van der Waals surface area contributed by atoms with Gasteiger partial charge in [-0.1, -0.05) is 25.1 Å². The number of benzene rings is 1. The summed E-state index contributed by atoms with van der Waals surface area (Å²) in [6.45, 7) is 1.90. The number of carbonyl (C=O) groups is 2. The highest BCUT2D eigenvalue weighted by Crippen LogP contribution is 2.36. The zero-order valence-electron chi connectivity index (χ0n) is 21.9. The average Bonchev–Trinajstić information content (AvgIpc) is 3.44. The van der Waals surface area contributed by atoms with E-state index in [4.69, 9.17) is 11.5 Å². The van der Waals surface area contributed by atoms with E-state index in [1.807, 2.05) is 11.4 Å². The number of halogens is 3. The first-order chi connectivity index (χ1) is 18.5. The first-order valence-electron chi connectivity index (χ1n) is 12.4. The second-order valence-corrected chi connectivity index (χ2v) is 11.5. The molecule has 0 radical (unpaired) electrons. The number of hydrogen-bond acceptors (Lipinski definition) is 6. The summed E-state index contributed by atoms with van der Waals surface area (Å²) in [4.78, 5) is 31.6. The maximum absolute atomic E-state index is 13.7. The normalized spacial score (nSPS) is 14.2. The van der Waals surface area contributed by atoms with Crippen LogP contribution in [0.15, 0.2) is 57.3 Å². The fraction of sp³-hybridized carbons (Fsp3) is 0.400. The number of nitrogens with zero attached hydrogens (tertiary/aromatic N) is 2. The van der Waals surface area contributed by atoms with Crippen molar-refractivity contribution in [3.8, 4) is 10.4 Å². The molecule has 1 aliphatic rings. The van der Waals surface area contributed by atoms with Crippen molar-refractivity contribution >= 4 is 57.2 Å². The van der Waals surface area contributed by atoms with Crippen molar-refractivity contribution in [3.05, 3.63) is 47.4 Å². The van der Waals surface area contributed by atoms with Gasteiger partial charge in [-0.3, -0.25) is 14.6 Å². The van der Waals surface area contributed by atoms with Crippen LogP contribution in [-0.4, -0.2) is 56.8 Å². The summed E-state index contributed by atoms with van der Waals surface area (Å²) in [6, 6.07) is 7.03. The highest BCUT2D eigenvalue weighted by molar-refractivity contribution is 7.89. The molecule has 1 aliphatic heterocycles. The Balaban J connectivity index is 0.00000560. The van der Waals surface area contributed by atoms with Crippen LogP contribution < -0.4 is 21.5 Å². The van der Waals surface area contributed by atoms with Gasteiger partial charge in [0.05, 0.1) is 5.69 Å². The molecule has 1 saturated heterocycles. The topological polar surface area (TPSA) is 160 Å². The van der Waals surface area contributed by atoms with Crippen LogP contribution >= 0.6 is 23.7 Å². The number of nitrogens with one attached hydrogen (secondary N) is 2. The molecular weight excluding hydrogens is 586 g/mol. The van der Waals surface area contributed by atoms with Gasteiger partial charge in [0.15, 0.2) is 5.96 Å². The van der Waals surface area contributed by atoms with Gasteiger partial charge in [0.25, 0.3) is 6.08 Å². The van der Waals surface area contributed by atoms with Crippen molar-refractivity contribution in [2.24, 2.45) is 16.5 Å². The van der Waals surface area contributed by atoms with Gasteiger partial charge in [0, 0.05) is 36.5 Å². The summed E-state index contributed by atoms with van der Waals surface area (Å²) in [5.74, 6) is -1.04. The Bertz CT molecular complexity index is 1340. The van der Waals surface area contributed by atoms with Crippen LogP contribution in [0, 0.1) is 0 Å². The molecule has 1 unspecified atom stereocenters. The van der Waals surface area contributed by atoms with Gasteiger partial charge in [-0.05, 0) is 48.8 Å². The predicted molar refractivity (Wildman–Crippen MR) is 155 cm³/mol. The van der Waals surface area contributed by atoms with Crippen LogP contribution in [0.1, 0.15) is 39.0 Å². The van der Waals surface area contributed by atoms with Crippen molar-refractivity contribution < 1.29 is 26.8 Å². The lowest BCUT2D eigenvalue weighted by Gasteiger charge is -2.31. The third kappa shape index (κ3) is 8.71. The molecule has 40 heavy (non-hydrogen) atoms. The number of rotatable bonds is 11. The Hall–Kier alpha value is -3.07. The van der Waals surface area contributed by atoms with Gasteiger partial charge < -0.3 is 21.7 Å².